The van der Waals surface area contributed by atoms with Gasteiger partial charge in [-0.05, 0) is 31.0 Å². The van der Waals surface area contributed by atoms with E-state index in [0.29, 0.717) is 5.56 Å². The fourth-order valence-corrected chi connectivity index (χ4v) is 4.35. The molecule has 16 heavy (non-hydrogen) atoms. The Bertz CT molecular complexity index is 632. The van der Waals surface area contributed by atoms with Gasteiger partial charge in [0.2, 0.25) is 0 Å². The number of hydrogen-bond donors (Lipinski definition) is 0. The van der Waals surface area contributed by atoms with Crippen LogP contribution in [0.15, 0.2) is 21.9 Å². The van der Waals surface area contributed by atoms with Crippen LogP contribution in [0.2, 0.25) is 0 Å². The molecule has 1 aromatic rings. The topological polar surface area (TPSA) is 68.3 Å². The molecule has 0 amide bonds. The minimum absolute atomic E-state index is 0.0324. The van der Waals surface area contributed by atoms with Crippen LogP contribution in [-0.2, 0) is 18.1 Å². The summed E-state index contributed by atoms with van der Waals surface area (Å²) in [7, 11) is 2.42. The predicted octanol–water partition coefficient (Wildman–Crippen LogP) is 2.16. The lowest BCUT2D eigenvalue weighted by Crippen LogP contribution is -2.03. The van der Waals surface area contributed by atoms with Crippen molar-refractivity contribution in [2.45, 2.75) is 23.6 Å². The second-order valence-electron chi connectivity index (χ2n) is 3.21. The third-order valence-electron chi connectivity index (χ3n) is 2.06. The summed E-state index contributed by atoms with van der Waals surface area (Å²) in [4.78, 5) is -0.463. The van der Waals surface area contributed by atoms with Crippen molar-refractivity contribution in [1.29, 1.82) is 0 Å². The van der Waals surface area contributed by atoms with Gasteiger partial charge in [0.05, 0.1) is 9.79 Å². The average molecular weight is 303 g/mol. The van der Waals surface area contributed by atoms with Crippen molar-refractivity contribution in [2.75, 3.05) is 0 Å². The van der Waals surface area contributed by atoms with Gasteiger partial charge in [0.15, 0.2) is 0 Å². The molecule has 0 bridgehead atoms. The zero-order valence-corrected chi connectivity index (χ0v) is 11.5. The van der Waals surface area contributed by atoms with E-state index < -0.39 is 18.1 Å². The van der Waals surface area contributed by atoms with Gasteiger partial charge in [-0.15, -0.1) is 0 Å². The van der Waals surface area contributed by atoms with E-state index in [2.05, 4.69) is 0 Å². The van der Waals surface area contributed by atoms with Crippen LogP contribution in [-0.4, -0.2) is 16.8 Å². The van der Waals surface area contributed by atoms with E-state index in [9.17, 15) is 16.8 Å². The fraction of sp³-hybridized carbons (Fsp3) is 0.250. The summed E-state index contributed by atoms with van der Waals surface area (Å²) in [6.45, 7) is 2.87. The molecule has 0 aliphatic heterocycles. The molecule has 0 N–H and O–H groups in total. The Hall–Kier alpha value is -0.300. The van der Waals surface area contributed by atoms with E-state index in [1.807, 2.05) is 0 Å². The molecular formula is C8H8Cl2O4S2. The number of aryl methyl sites for hydroxylation is 1. The van der Waals surface area contributed by atoms with Gasteiger partial charge in [0.25, 0.3) is 18.1 Å². The molecule has 0 fully saturated rings. The second-order valence-corrected chi connectivity index (χ2v) is 8.25. The summed E-state index contributed by atoms with van der Waals surface area (Å²) < 4.78 is 44.9. The monoisotopic (exact) mass is 302 g/mol. The maximum atomic E-state index is 11.3. The standard InChI is InChI=1S/C8H8Cl2O4S2/c1-5-3-4-7(15(9,11)12)6(2)8(5)16(10,13)14/h3-4H,1-2H3. The Morgan fingerprint density at radius 3 is 1.81 bits per heavy atom. The van der Waals surface area contributed by atoms with Crippen LogP contribution in [0.3, 0.4) is 0 Å². The first-order valence-electron chi connectivity index (χ1n) is 4.04. The molecule has 0 unspecified atom stereocenters. The highest BCUT2D eigenvalue weighted by molar-refractivity contribution is 8.14. The quantitative estimate of drug-likeness (QED) is 0.785. The average Bonchev–Trinajstić information content (AvgIpc) is 1.97. The highest BCUT2D eigenvalue weighted by Crippen LogP contribution is 2.30. The van der Waals surface area contributed by atoms with E-state index in [4.69, 9.17) is 21.4 Å². The Kier molecular flexibility index (Phi) is 3.59. The number of rotatable bonds is 2. The first kappa shape index (κ1) is 13.8. The van der Waals surface area contributed by atoms with Crippen molar-refractivity contribution in [3.63, 3.8) is 0 Å². The third kappa shape index (κ3) is 2.68. The van der Waals surface area contributed by atoms with E-state index in [1.54, 1.807) is 0 Å². The lowest BCUT2D eigenvalue weighted by Gasteiger charge is -2.09. The van der Waals surface area contributed by atoms with Crippen LogP contribution in [0.25, 0.3) is 0 Å². The van der Waals surface area contributed by atoms with Crippen molar-refractivity contribution < 1.29 is 16.8 Å². The van der Waals surface area contributed by atoms with Gasteiger partial charge < -0.3 is 0 Å². The van der Waals surface area contributed by atoms with Crippen LogP contribution >= 0.6 is 21.4 Å². The Morgan fingerprint density at radius 1 is 0.938 bits per heavy atom. The van der Waals surface area contributed by atoms with Crippen molar-refractivity contribution in [1.82, 2.24) is 0 Å². The zero-order valence-electron chi connectivity index (χ0n) is 8.36. The molecule has 0 aliphatic rings. The highest BCUT2D eigenvalue weighted by Gasteiger charge is 2.23. The van der Waals surface area contributed by atoms with E-state index in [0.717, 1.165) is 0 Å². The molecule has 1 rings (SSSR count). The molecule has 0 saturated carbocycles. The third-order valence-corrected chi connectivity index (χ3v) is 5.10. The van der Waals surface area contributed by atoms with Crippen molar-refractivity contribution in [3.05, 3.63) is 23.3 Å². The van der Waals surface area contributed by atoms with Gasteiger partial charge in [-0.1, -0.05) is 6.07 Å². The van der Waals surface area contributed by atoms with Gasteiger partial charge >= 0.3 is 0 Å². The first-order chi connectivity index (χ1) is 7.05. The normalized spacial score (nSPS) is 12.8. The SMILES string of the molecule is Cc1ccc(S(=O)(=O)Cl)c(C)c1S(=O)(=O)Cl. The number of hydrogen-bond acceptors (Lipinski definition) is 4. The molecule has 1 aromatic carbocycles. The Morgan fingerprint density at radius 2 is 1.44 bits per heavy atom. The van der Waals surface area contributed by atoms with Gasteiger partial charge in [0.1, 0.15) is 0 Å². The van der Waals surface area contributed by atoms with Crippen molar-refractivity contribution in [2.24, 2.45) is 0 Å². The van der Waals surface area contributed by atoms with Crippen LogP contribution in [0, 0.1) is 13.8 Å². The maximum absolute atomic E-state index is 11.3. The largest absolute Gasteiger partial charge is 0.261 e. The lowest BCUT2D eigenvalue weighted by atomic mass is 10.1. The Balaban J connectivity index is 3.79. The molecule has 0 radical (unpaired) electrons. The van der Waals surface area contributed by atoms with Gasteiger partial charge in [-0.2, -0.15) is 0 Å². The first-order valence-corrected chi connectivity index (χ1v) is 8.66. The minimum Gasteiger partial charge on any atom is -0.207 e. The summed E-state index contributed by atoms with van der Waals surface area (Å²) in [5.74, 6) is 0. The van der Waals surface area contributed by atoms with Crippen LogP contribution in [0.5, 0.6) is 0 Å². The number of halogens is 2. The molecule has 0 spiro atoms. The summed E-state index contributed by atoms with van der Waals surface area (Å²) in [6, 6.07) is 2.59. The maximum Gasteiger partial charge on any atom is 0.261 e. The van der Waals surface area contributed by atoms with Gasteiger partial charge in [-0.25, -0.2) is 16.8 Å². The minimum atomic E-state index is -4.00. The lowest BCUT2D eigenvalue weighted by molar-refractivity contribution is 0.606. The molecule has 90 valence electrons. The number of benzene rings is 1. The van der Waals surface area contributed by atoms with Crippen LogP contribution in [0.4, 0.5) is 0 Å². The summed E-state index contributed by atoms with van der Waals surface area (Å²) in [5, 5.41) is 0. The summed E-state index contributed by atoms with van der Waals surface area (Å²) >= 11 is 0. The molecule has 0 aliphatic carbocycles. The molecular weight excluding hydrogens is 295 g/mol. The molecule has 0 saturated heterocycles. The summed E-state index contributed by atoms with van der Waals surface area (Å²) in [6.07, 6.45) is 0. The van der Waals surface area contributed by atoms with E-state index >= 15 is 0 Å². The molecule has 0 aromatic heterocycles. The predicted molar refractivity (Wildman–Crippen MR) is 62.0 cm³/mol. The van der Waals surface area contributed by atoms with E-state index in [-0.39, 0.29) is 15.4 Å². The molecule has 0 atom stereocenters. The molecule has 0 heterocycles. The fourth-order valence-electron chi connectivity index (χ4n) is 1.45. The van der Waals surface area contributed by atoms with Crippen LogP contribution in [0.1, 0.15) is 11.1 Å². The van der Waals surface area contributed by atoms with E-state index in [1.165, 1.54) is 26.0 Å². The van der Waals surface area contributed by atoms with Crippen molar-refractivity contribution >= 4 is 39.5 Å². The second kappa shape index (κ2) is 4.18. The molecule has 8 heteroatoms. The zero-order chi connectivity index (χ0) is 12.7. The van der Waals surface area contributed by atoms with Gasteiger partial charge in [-0.3, -0.25) is 0 Å². The molecule has 4 nitrogen and oxygen atoms in total. The Labute approximate surface area is 103 Å². The smallest absolute Gasteiger partial charge is 0.207 e. The van der Waals surface area contributed by atoms with Crippen molar-refractivity contribution in [3.8, 4) is 0 Å². The van der Waals surface area contributed by atoms with Crippen LogP contribution < -0.4 is 0 Å². The summed E-state index contributed by atoms with van der Waals surface area (Å²) in [5.41, 5.74) is 0.404. The highest BCUT2D eigenvalue weighted by atomic mass is 35.7. The van der Waals surface area contributed by atoms with Gasteiger partial charge in [0, 0.05) is 21.4 Å².